The van der Waals surface area contributed by atoms with Gasteiger partial charge in [0.05, 0.1) is 17.5 Å². The molecule has 2 rings (SSSR count). The van der Waals surface area contributed by atoms with Gasteiger partial charge in [-0.3, -0.25) is 0 Å². The van der Waals surface area contributed by atoms with Gasteiger partial charge in [-0.05, 0) is 36.8 Å². The fourth-order valence-corrected chi connectivity index (χ4v) is 2.90. The zero-order chi connectivity index (χ0) is 13.1. The lowest BCUT2D eigenvalue weighted by Crippen LogP contribution is -2.17. The van der Waals surface area contributed by atoms with E-state index < -0.39 is 0 Å². The van der Waals surface area contributed by atoms with E-state index in [2.05, 4.69) is 4.98 Å². The van der Waals surface area contributed by atoms with Crippen molar-refractivity contribution in [1.29, 1.82) is 0 Å². The third-order valence-corrected chi connectivity index (χ3v) is 3.81. The fraction of sp³-hybridized carbons (Fsp3) is 0.308. The molecule has 0 saturated carbocycles. The van der Waals surface area contributed by atoms with Crippen molar-refractivity contribution in [3.63, 3.8) is 0 Å². The minimum atomic E-state index is 0.0367. The molecular formula is C13H15ClN2OS. The second kappa shape index (κ2) is 5.69. The smallest absolute Gasteiger partial charge is 0.129 e. The van der Waals surface area contributed by atoms with E-state index >= 15 is 0 Å². The Bertz CT molecular complexity index is 542. The van der Waals surface area contributed by atoms with Crippen LogP contribution in [0.2, 0.25) is 4.34 Å². The number of aryl methyl sites for hydroxylation is 1. The Kier molecular flexibility index (Phi) is 4.22. The van der Waals surface area contributed by atoms with Gasteiger partial charge in [-0.1, -0.05) is 11.6 Å². The van der Waals surface area contributed by atoms with Crippen LogP contribution in [0.3, 0.4) is 0 Å². The van der Waals surface area contributed by atoms with Crippen LogP contribution < -0.4 is 4.90 Å². The number of rotatable bonds is 4. The maximum atomic E-state index is 9.20. The number of hydrogen-bond acceptors (Lipinski definition) is 4. The normalized spacial score (nSPS) is 10.7. The summed E-state index contributed by atoms with van der Waals surface area (Å²) in [5, 5.41) is 9.20. The quantitative estimate of drug-likeness (QED) is 0.935. The van der Waals surface area contributed by atoms with Crippen LogP contribution in [-0.4, -0.2) is 17.1 Å². The van der Waals surface area contributed by atoms with Gasteiger partial charge in [-0.25, -0.2) is 4.98 Å². The molecule has 5 heteroatoms. The molecule has 0 bridgehead atoms. The van der Waals surface area contributed by atoms with Crippen LogP contribution in [0.15, 0.2) is 24.3 Å². The van der Waals surface area contributed by atoms with Gasteiger partial charge in [0.1, 0.15) is 5.82 Å². The highest BCUT2D eigenvalue weighted by molar-refractivity contribution is 7.16. The van der Waals surface area contributed by atoms with Crippen LogP contribution in [0.25, 0.3) is 0 Å². The van der Waals surface area contributed by atoms with Crippen molar-refractivity contribution in [2.45, 2.75) is 20.1 Å². The highest BCUT2D eigenvalue weighted by Gasteiger charge is 2.07. The minimum Gasteiger partial charge on any atom is -0.392 e. The lowest BCUT2D eigenvalue weighted by molar-refractivity contribution is 0.281. The Labute approximate surface area is 116 Å². The molecule has 0 radical (unpaired) electrons. The van der Waals surface area contributed by atoms with E-state index in [1.807, 2.05) is 43.1 Å². The molecule has 2 heterocycles. The van der Waals surface area contributed by atoms with Gasteiger partial charge in [0, 0.05) is 17.6 Å². The Hall–Kier alpha value is -1.10. The zero-order valence-corrected chi connectivity index (χ0v) is 11.9. The minimum absolute atomic E-state index is 0.0367. The maximum Gasteiger partial charge on any atom is 0.129 e. The first-order chi connectivity index (χ1) is 8.58. The molecule has 18 heavy (non-hydrogen) atoms. The first kappa shape index (κ1) is 13.3. The SMILES string of the molecule is Cc1cc(CO)cc(N(C)Cc2ccc(Cl)s2)n1. The average molecular weight is 283 g/mol. The first-order valence-corrected chi connectivity index (χ1v) is 6.81. The van der Waals surface area contributed by atoms with E-state index in [-0.39, 0.29) is 6.61 Å². The molecule has 0 unspecified atom stereocenters. The number of halogens is 1. The summed E-state index contributed by atoms with van der Waals surface area (Å²) < 4.78 is 0.798. The summed E-state index contributed by atoms with van der Waals surface area (Å²) in [6, 6.07) is 7.71. The molecule has 1 N–H and O–H groups in total. The molecule has 0 spiro atoms. The molecule has 96 valence electrons. The number of aliphatic hydroxyl groups is 1. The number of aromatic nitrogens is 1. The Morgan fingerprint density at radius 2 is 2.17 bits per heavy atom. The molecule has 0 aromatic carbocycles. The summed E-state index contributed by atoms with van der Waals surface area (Å²) in [4.78, 5) is 7.71. The van der Waals surface area contributed by atoms with Crippen molar-refractivity contribution in [3.05, 3.63) is 44.7 Å². The number of thiophene rings is 1. The predicted molar refractivity (Wildman–Crippen MR) is 76.3 cm³/mol. The van der Waals surface area contributed by atoms with E-state index in [1.54, 1.807) is 11.3 Å². The van der Waals surface area contributed by atoms with Crippen molar-refractivity contribution in [3.8, 4) is 0 Å². The van der Waals surface area contributed by atoms with Gasteiger partial charge in [-0.2, -0.15) is 0 Å². The Morgan fingerprint density at radius 3 is 2.78 bits per heavy atom. The Balaban J connectivity index is 2.17. The maximum absolute atomic E-state index is 9.20. The van der Waals surface area contributed by atoms with Crippen molar-refractivity contribution in [1.82, 2.24) is 4.98 Å². The summed E-state index contributed by atoms with van der Waals surface area (Å²) in [5.41, 5.74) is 1.79. The molecule has 0 saturated heterocycles. The number of pyridine rings is 1. The monoisotopic (exact) mass is 282 g/mol. The lowest BCUT2D eigenvalue weighted by Gasteiger charge is -2.18. The average Bonchev–Trinajstić information content (AvgIpc) is 2.73. The van der Waals surface area contributed by atoms with Gasteiger partial charge >= 0.3 is 0 Å². The van der Waals surface area contributed by atoms with Gasteiger partial charge < -0.3 is 10.0 Å². The number of hydrogen-bond donors (Lipinski definition) is 1. The predicted octanol–water partition coefficient (Wildman–Crippen LogP) is 3.23. The summed E-state index contributed by atoms with van der Waals surface area (Å²) in [7, 11) is 1.98. The largest absolute Gasteiger partial charge is 0.392 e. The van der Waals surface area contributed by atoms with Crippen LogP contribution in [-0.2, 0) is 13.2 Å². The standard InChI is InChI=1S/C13H15ClN2OS/c1-9-5-10(8-17)6-13(15-9)16(2)7-11-3-4-12(14)18-11/h3-6,17H,7-8H2,1-2H3. The van der Waals surface area contributed by atoms with Crippen LogP contribution in [0.4, 0.5) is 5.82 Å². The lowest BCUT2D eigenvalue weighted by atomic mass is 10.2. The number of aliphatic hydroxyl groups excluding tert-OH is 1. The molecule has 0 atom stereocenters. The van der Waals surface area contributed by atoms with Crippen molar-refractivity contribution >= 4 is 28.8 Å². The fourth-order valence-electron chi connectivity index (χ4n) is 1.76. The van der Waals surface area contributed by atoms with Gasteiger partial charge in [0.2, 0.25) is 0 Å². The van der Waals surface area contributed by atoms with E-state index in [0.29, 0.717) is 0 Å². The second-order valence-electron chi connectivity index (χ2n) is 4.19. The third kappa shape index (κ3) is 3.22. The second-order valence-corrected chi connectivity index (χ2v) is 5.99. The third-order valence-electron chi connectivity index (χ3n) is 2.60. The van der Waals surface area contributed by atoms with Crippen LogP contribution >= 0.6 is 22.9 Å². The van der Waals surface area contributed by atoms with Gasteiger partial charge in [0.25, 0.3) is 0 Å². The van der Waals surface area contributed by atoms with Crippen LogP contribution in [0.1, 0.15) is 16.1 Å². The van der Waals surface area contributed by atoms with Crippen molar-refractivity contribution in [2.75, 3.05) is 11.9 Å². The van der Waals surface area contributed by atoms with E-state index in [1.165, 1.54) is 4.88 Å². The van der Waals surface area contributed by atoms with Gasteiger partial charge in [-0.15, -0.1) is 11.3 Å². The molecule has 3 nitrogen and oxygen atoms in total. The van der Waals surface area contributed by atoms with E-state index in [9.17, 15) is 5.11 Å². The summed E-state index contributed by atoms with van der Waals surface area (Å²) in [5.74, 6) is 0.864. The Morgan fingerprint density at radius 1 is 1.39 bits per heavy atom. The highest BCUT2D eigenvalue weighted by Crippen LogP contribution is 2.24. The molecule has 0 aliphatic carbocycles. The summed E-state index contributed by atoms with van der Waals surface area (Å²) in [6.07, 6.45) is 0. The van der Waals surface area contributed by atoms with Crippen molar-refractivity contribution in [2.24, 2.45) is 0 Å². The summed E-state index contributed by atoms with van der Waals surface area (Å²) >= 11 is 7.49. The summed E-state index contributed by atoms with van der Waals surface area (Å²) in [6.45, 7) is 2.73. The molecule has 2 aromatic rings. The molecule has 0 aliphatic heterocycles. The van der Waals surface area contributed by atoms with Crippen molar-refractivity contribution < 1.29 is 5.11 Å². The molecule has 2 aromatic heterocycles. The zero-order valence-electron chi connectivity index (χ0n) is 10.4. The molecule has 0 fully saturated rings. The van der Waals surface area contributed by atoms with E-state index in [0.717, 1.165) is 28.0 Å². The molecule has 0 amide bonds. The first-order valence-electron chi connectivity index (χ1n) is 5.62. The number of anilines is 1. The molecule has 0 aliphatic rings. The van der Waals surface area contributed by atoms with Crippen LogP contribution in [0, 0.1) is 6.92 Å². The molecular weight excluding hydrogens is 268 g/mol. The van der Waals surface area contributed by atoms with E-state index in [4.69, 9.17) is 11.6 Å². The number of nitrogens with zero attached hydrogens (tertiary/aromatic N) is 2. The topological polar surface area (TPSA) is 36.4 Å². The highest BCUT2D eigenvalue weighted by atomic mass is 35.5. The van der Waals surface area contributed by atoms with Crippen LogP contribution in [0.5, 0.6) is 0 Å². The van der Waals surface area contributed by atoms with Gasteiger partial charge in [0.15, 0.2) is 0 Å².